The second-order valence-electron chi connectivity index (χ2n) is 3.57. The molecule has 0 bridgehead atoms. The van der Waals surface area contributed by atoms with Crippen molar-refractivity contribution in [2.75, 3.05) is 6.61 Å². The Hall–Kier alpha value is -2.47. The molecule has 0 saturated heterocycles. The molecule has 112 valence electrons. The van der Waals surface area contributed by atoms with Crippen molar-refractivity contribution in [3.8, 4) is 24.2 Å². The standard InChI is InChI=1S/C8H12O2.C5H6O2.CH2O2/c1-5-6-8(3,4)10-7(2)9;1-3-4-7-5(2)6;2-1-3/h1-4H3;1H,4H2,2H3;1H,(H,2,3). The van der Waals surface area contributed by atoms with Gasteiger partial charge in [0.1, 0.15) is 0 Å². The average Bonchev–Trinajstić information content (AvgIpc) is 2.26. The molecular formula is C14H20O6. The van der Waals surface area contributed by atoms with E-state index in [4.69, 9.17) is 21.1 Å². The lowest BCUT2D eigenvalue weighted by Gasteiger charge is -2.16. The maximum atomic E-state index is 10.4. The summed E-state index contributed by atoms with van der Waals surface area (Å²) in [5.74, 6) is 6.97. The fraction of sp³-hybridized carbons (Fsp3) is 0.500. The van der Waals surface area contributed by atoms with Gasteiger partial charge in [-0.2, -0.15) is 0 Å². The fourth-order valence-corrected chi connectivity index (χ4v) is 0.829. The number of ether oxygens (including phenoxy) is 2. The van der Waals surface area contributed by atoms with Gasteiger partial charge in [-0.1, -0.05) is 11.8 Å². The van der Waals surface area contributed by atoms with Gasteiger partial charge >= 0.3 is 11.9 Å². The van der Waals surface area contributed by atoms with E-state index in [1.807, 2.05) is 0 Å². The van der Waals surface area contributed by atoms with Crippen molar-refractivity contribution in [3.05, 3.63) is 0 Å². The van der Waals surface area contributed by atoms with Crippen LogP contribution in [0.2, 0.25) is 0 Å². The molecule has 6 nitrogen and oxygen atoms in total. The van der Waals surface area contributed by atoms with Gasteiger partial charge in [0.2, 0.25) is 0 Å². The fourth-order valence-electron chi connectivity index (χ4n) is 0.829. The Morgan fingerprint density at radius 2 is 1.75 bits per heavy atom. The molecule has 0 aromatic heterocycles. The lowest BCUT2D eigenvalue weighted by molar-refractivity contribution is -0.149. The number of terminal acetylenes is 1. The number of carbonyl (C=O) groups is 3. The largest absolute Gasteiger partial charge is 0.483 e. The van der Waals surface area contributed by atoms with E-state index in [1.165, 1.54) is 13.8 Å². The molecular weight excluding hydrogens is 264 g/mol. The van der Waals surface area contributed by atoms with Crippen LogP contribution in [0.25, 0.3) is 0 Å². The average molecular weight is 284 g/mol. The smallest absolute Gasteiger partial charge is 0.304 e. The van der Waals surface area contributed by atoms with Crippen molar-refractivity contribution in [1.82, 2.24) is 0 Å². The Kier molecular flexibility index (Phi) is 16.6. The zero-order chi connectivity index (χ0) is 16.6. The SMILES string of the molecule is C#CCOC(C)=O.CC#CC(C)(C)OC(C)=O.O=CO. The van der Waals surface area contributed by atoms with Crippen molar-refractivity contribution in [2.24, 2.45) is 0 Å². The summed E-state index contributed by atoms with van der Waals surface area (Å²) in [7, 11) is 0. The van der Waals surface area contributed by atoms with Crippen molar-refractivity contribution in [1.29, 1.82) is 0 Å². The third-order valence-corrected chi connectivity index (χ3v) is 1.18. The third-order valence-electron chi connectivity index (χ3n) is 1.18. The van der Waals surface area contributed by atoms with E-state index in [0.717, 1.165) is 0 Å². The van der Waals surface area contributed by atoms with Gasteiger partial charge in [-0.3, -0.25) is 14.4 Å². The van der Waals surface area contributed by atoms with Crippen LogP contribution in [0.3, 0.4) is 0 Å². The van der Waals surface area contributed by atoms with Crippen LogP contribution in [0.4, 0.5) is 0 Å². The van der Waals surface area contributed by atoms with E-state index in [2.05, 4.69) is 22.5 Å². The van der Waals surface area contributed by atoms with E-state index in [0.29, 0.717) is 0 Å². The summed E-state index contributed by atoms with van der Waals surface area (Å²) in [6.45, 7) is 7.74. The zero-order valence-electron chi connectivity index (χ0n) is 12.4. The first-order valence-electron chi connectivity index (χ1n) is 5.45. The predicted octanol–water partition coefficient (Wildman–Crippen LogP) is 1.23. The van der Waals surface area contributed by atoms with Crippen LogP contribution in [0.1, 0.15) is 34.6 Å². The minimum Gasteiger partial charge on any atom is -0.483 e. The molecule has 0 atom stereocenters. The van der Waals surface area contributed by atoms with Gasteiger partial charge in [-0.25, -0.2) is 0 Å². The van der Waals surface area contributed by atoms with E-state index in [1.54, 1.807) is 20.8 Å². The highest BCUT2D eigenvalue weighted by Crippen LogP contribution is 2.06. The van der Waals surface area contributed by atoms with Gasteiger partial charge in [0.05, 0.1) is 0 Å². The number of hydrogen-bond acceptors (Lipinski definition) is 5. The van der Waals surface area contributed by atoms with Crippen LogP contribution in [0, 0.1) is 24.2 Å². The monoisotopic (exact) mass is 284 g/mol. The highest BCUT2D eigenvalue weighted by molar-refractivity contribution is 5.67. The van der Waals surface area contributed by atoms with Gasteiger partial charge in [0.25, 0.3) is 6.47 Å². The molecule has 0 heterocycles. The summed E-state index contributed by atoms with van der Waals surface area (Å²) >= 11 is 0. The minimum atomic E-state index is -0.638. The molecule has 20 heavy (non-hydrogen) atoms. The molecule has 0 spiro atoms. The molecule has 0 aromatic carbocycles. The van der Waals surface area contributed by atoms with Crippen LogP contribution < -0.4 is 0 Å². The van der Waals surface area contributed by atoms with Crippen LogP contribution in [0.15, 0.2) is 0 Å². The Bertz CT molecular complexity index is 392. The Labute approximate surface area is 119 Å². The van der Waals surface area contributed by atoms with Crippen molar-refractivity contribution >= 4 is 18.4 Å². The van der Waals surface area contributed by atoms with E-state index in [-0.39, 0.29) is 25.0 Å². The Morgan fingerprint density at radius 1 is 1.30 bits per heavy atom. The molecule has 0 aliphatic rings. The number of carbonyl (C=O) groups excluding carboxylic acids is 2. The summed E-state index contributed by atoms with van der Waals surface area (Å²) in [5.41, 5.74) is -0.638. The molecule has 0 radical (unpaired) electrons. The van der Waals surface area contributed by atoms with Gasteiger partial charge in [0, 0.05) is 13.8 Å². The molecule has 0 rings (SSSR count). The minimum absolute atomic E-state index is 0.0787. The maximum Gasteiger partial charge on any atom is 0.304 e. The van der Waals surface area contributed by atoms with Crippen LogP contribution in [-0.4, -0.2) is 35.7 Å². The van der Waals surface area contributed by atoms with Gasteiger partial charge in [0.15, 0.2) is 12.2 Å². The highest BCUT2D eigenvalue weighted by Gasteiger charge is 2.16. The van der Waals surface area contributed by atoms with Crippen LogP contribution >= 0.6 is 0 Å². The topological polar surface area (TPSA) is 89.9 Å². The molecule has 1 N–H and O–H groups in total. The summed E-state index contributed by atoms with van der Waals surface area (Å²) < 4.78 is 9.18. The summed E-state index contributed by atoms with van der Waals surface area (Å²) in [6, 6.07) is 0. The normalized spacial score (nSPS) is 7.80. The van der Waals surface area contributed by atoms with E-state index >= 15 is 0 Å². The lowest BCUT2D eigenvalue weighted by atomic mass is 10.1. The van der Waals surface area contributed by atoms with Crippen molar-refractivity contribution < 1.29 is 29.0 Å². The predicted molar refractivity (Wildman–Crippen MR) is 73.5 cm³/mol. The van der Waals surface area contributed by atoms with Gasteiger partial charge in [-0.15, -0.1) is 12.3 Å². The number of rotatable bonds is 2. The molecule has 0 amide bonds. The number of hydrogen-bond donors (Lipinski definition) is 1. The summed E-state index contributed by atoms with van der Waals surface area (Å²) in [5, 5.41) is 6.89. The first-order valence-corrected chi connectivity index (χ1v) is 5.45. The zero-order valence-corrected chi connectivity index (χ0v) is 12.4. The quantitative estimate of drug-likeness (QED) is 0.466. The number of esters is 2. The Morgan fingerprint density at radius 3 is 1.95 bits per heavy atom. The second kappa shape index (κ2) is 14.6. The molecule has 0 fully saturated rings. The molecule has 0 aliphatic heterocycles. The first kappa shape index (κ1) is 22.7. The van der Waals surface area contributed by atoms with Gasteiger partial charge < -0.3 is 14.6 Å². The highest BCUT2D eigenvalue weighted by atomic mass is 16.6. The van der Waals surface area contributed by atoms with Crippen LogP contribution in [0.5, 0.6) is 0 Å². The Balaban J connectivity index is -0.000000251. The van der Waals surface area contributed by atoms with Crippen molar-refractivity contribution in [3.63, 3.8) is 0 Å². The number of carboxylic acid groups (broad SMARTS) is 1. The molecule has 6 heteroatoms. The summed E-state index contributed by atoms with van der Waals surface area (Å²) in [6.07, 6.45) is 4.75. The molecule has 0 saturated carbocycles. The second-order valence-corrected chi connectivity index (χ2v) is 3.57. The van der Waals surface area contributed by atoms with E-state index in [9.17, 15) is 9.59 Å². The molecule has 0 aromatic rings. The maximum absolute atomic E-state index is 10.4. The van der Waals surface area contributed by atoms with Crippen molar-refractivity contribution in [2.45, 2.75) is 40.2 Å². The van der Waals surface area contributed by atoms with Gasteiger partial charge in [-0.05, 0) is 20.8 Å². The third kappa shape index (κ3) is 29.6. The van der Waals surface area contributed by atoms with Crippen LogP contribution in [-0.2, 0) is 23.9 Å². The molecule has 0 aliphatic carbocycles. The summed E-state index contributed by atoms with van der Waals surface area (Å²) in [4.78, 5) is 28.7. The lowest BCUT2D eigenvalue weighted by Crippen LogP contribution is -2.24. The first-order chi connectivity index (χ1) is 9.16. The molecule has 0 unspecified atom stereocenters. The van der Waals surface area contributed by atoms with E-state index < -0.39 is 5.60 Å².